The number of anilines is 1. The Balaban J connectivity index is 1.74. The van der Waals surface area contributed by atoms with E-state index in [1.165, 1.54) is 48.8 Å². The number of nitrogens with one attached hydrogen (secondary N) is 1. The summed E-state index contributed by atoms with van der Waals surface area (Å²) in [5.74, 6) is -0.445. The van der Waals surface area contributed by atoms with Gasteiger partial charge in [-0.05, 0) is 53.6 Å². The molecule has 1 N–H and O–H groups in total. The number of aryl methyl sites for hydroxylation is 2. The van der Waals surface area contributed by atoms with Crippen LogP contribution in [-0.4, -0.2) is 32.7 Å². The van der Waals surface area contributed by atoms with E-state index < -0.39 is 15.9 Å². The molecule has 0 unspecified atom stereocenters. The Morgan fingerprint density at radius 2 is 1.75 bits per heavy atom. The van der Waals surface area contributed by atoms with E-state index in [1.54, 1.807) is 0 Å². The van der Waals surface area contributed by atoms with E-state index in [-0.39, 0.29) is 15.5 Å². The Bertz CT molecular complexity index is 1210. The minimum atomic E-state index is -3.67. The van der Waals surface area contributed by atoms with Crippen molar-refractivity contribution < 1.29 is 13.2 Å². The Hall–Kier alpha value is -2.41. The van der Waals surface area contributed by atoms with E-state index in [9.17, 15) is 13.2 Å². The van der Waals surface area contributed by atoms with Gasteiger partial charge in [0.25, 0.3) is 5.91 Å². The van der Waals surface area contributed by atoms with Gasteiger partial charge in [-0.3, -0.25) is 4.79 Å². The molecule has 0 atom stereocenters. The molecule has 0 saturated carbocycles. The Morgan fingerprint density at radius 1 is 1.04 bits per heavy atom. The van der Waals surface area contributed by atoms with Gasteiger partial charge in [0, 0.05) is 25.2 Å². The fraction of sp³-hybridized carbons (Fsp3) is 0.190. The van der Waals surface area contributed by atoms with Gasteiger partial charge in [-0.15, -0.1) is 0 Å². The minimum Gasteiger partial charge on any atom is -0.321 e. The lowest BCUT2D eigenvalue weighted by molar-refractivity contribution is 0.102. The van der Waals surface area contributed by atoms with Gasteiger partial charge in [0.05, 0.1) is 15.5 Å². The smallest absolute Gasteiger partial charge is 0.257 e. The average molecular weight is 415 g/mol. The monoisotopic (exact) mass is 414 g/mol. The Labute approximate surface area is 169 Å². The first-order valence-electron chi connectivity index (χ1n) is 8.86. The molecule has 0 spiro atoms. The lowest BCUT2D eigenvalue weighted by Crippen LogP contribution is -2.23. The zero-order chi connectivity index (χ0) is 20.1. The van der Waals surface area contributed by atoms with Gasteiger partial charge in [0.2, 0.25) is 10.0 Å². The van der Waals surface area contributed by atoms with Gasteiger partial charge in [0.1, 0.15) is 0 Å². The number of rotatable bonds is 4. The largest absolute Gasteiger partial charge is 0.321 e. The van der Waals surface area contributed by atoms with Gasteiger partial charge in [-0.1, -0.05) is 35.9 Å². The van der Waals surface area contributed by atoms with Crippen LogP contribution in [0.3, 0.4) is 0 Å². The third-order valence-corrected chi connectivity index (χ3v) is 7.23. The maximum Gasteiger partial charge on any atom is 0.257 e. The third-order valence-electron chi connectivity index (χ3n) is 5.09. The molecule has 1 amide bonds. The molecule has 144 valence electrons. The van der Waals surface area contributed by atoms with Crippen LogP contribution in [-0.2, 0) is 22.9 Å². The number of nitrogens with zero attached hydrogens (tertiary/aromatic N) is 1. The molecule has 4 rings (SSSR count). The summed E-state index contributed by atoms with van der Waals surface area (Å²) in [6, 6.07) is 14.1. The second-order valence-corrected chi connectivity index (χ2v) is 9.55. The summed E-state index contributed by atoms with van der Waals surface area (Å²) in [4.78, 5) is 12.9. The normalized spacial score (nSPS) is 13.3. The number of amides is 1. The van der Waals surface area contributed by atoms with Crippen LogP contribution in [0.5, 0.6) is 0 Å². The lowest BCUT2D eigenvalue weighted by Gasteiger charge is -2.14. The second kappa shape index (κ2) is 6.88. The molecule has 0 aromatic heterocycles. The predicted molar refractivity (Wildman–Crippen MR) is 112 cm³/mol. The highest BCUT2D eigenvalue weighted by molar-refractivity contribution is 7.89. The molecular formula is C21H19ClN2O3S. The molecule has 7 heteroatoms. The van der Waals surface area contributed by atoms with E-state index in [0.29, 0.717) is 5.69 Å². The van der Waals surface area contributed by atoms with Gasteiger partial charge >= 0.3 is 0 Å². The van der Waals surface area contributed by atoms with Crippen LogP contribution < -0.4 is 5.32 Å². The molecule has 0 aliphatic heterocycles. The summed E-state index contributed by atoms with van der Waals surface area (Å²) in [6.45, 7) is 0. The highest BCUT2D eigenvalue weighted by atomic mass is 35.5. The molecule has 0 bridgehead atoms. The Kier molecular flexibility index (Phi) is 4.65. The SMILES string of the molecule is CN(C)S(=O)(=O)c1ccc(Cl)c(C(=O)Nc2ccc3c4c(cccc24)CC3)c1. The zero-order valence-electron chi connectivity index (χ0n) is 15.5. The van der Waals surface area contributed by atoms with E-state index in [2.05, 4.69) is 11.4 Å². The van der Waals surface area contributed by atoms with Crippen LogP contribution in [0, 0.1) is 0 Å². The zero-order valence-corrected chi connectivity index (χ0v) is 17.1. The van der Waals surface area contributed by atoms with Crippen molar-refractivity contribution >= 4 is 44.0 Å². The van der Waals surface area contributed by atoms with Crippen molar-refractivity contribution in [2.75, 3.05) is 19.4 Å². The number of benzene rings is 3. The maximum absolute atomic E-state index is 12.9. The molecule has 28 heavy (non-hydrogen) atoms. The average Bonchev–Trinajstić information content (AvgIpc) is 3.08. The van der Waals surface area contributed by atoms with Crippen LogP contribution in [0.2, 0.25) is 5.02 Å². The van der Waals surface area contributed by atoms with Gasteiger partial charge in [0.15, 0.2) is 0 Å². The summed E-state index contributed by atoms with van der Waals surface area (Å²) in [6.07, 6.45) is 2.00. The van der Waals surface area contributed by atoms with Crippen molar-refractivity contribution in [3.8, 4) is 0 Å². The lowest BCUT2D eigenvalue weighted by atomic mass is 10.0. The topological polar surface area (TPSA) is 66.5 Å². The summed E-state index contributed by atoms with van der Waals surface area (Å²) >= 11 is 6.20. The van der Waals surface area contributed by atoms with Gasteiger partial charge in [-0.2, -0.15) is 0 Å². The van der Waals surface area contributed by atoms with Crippen molar-refractivity contribution in [1.29, 1.82) is 0 Å². The number of hydrogen-bond donors (Lipinski definition) is 1. The molecular weight excluding hydrogens is 396 g/mol. The summed E-state index contributed by atoms with van der Waals surface area (Å²) in [7, 11) is -0.784. The molecule has 0 saturated heterocycles. The first kappa shape index (κ1) is 18.9. The molecule has 1 aliphatic carbocycles. The van der Waals surface area contributed by atoms with Crippen molar-refractivity contribution in [1.82, 2.24) is 4.31 Å². The van der Waals surface area contributed by atoms with Crippen molar-refractivity contribution in [3.63, 3.8) is 0 Å². The van der Waals surface area contributed by atoms with Crippen molar-refractivity contribution in [3.05, 3.63) is 70.2 Å². The number of hydrogen-bond acceptors (Lipinski definition) is 3. The molecule has 1 aliphatic rings. The fourth-order valence-corrected chi connectivity index (χ4v) is 4.73. The van der Waals surface area contributed by atoms with Crippen molar-refractivity contribution in [2.24, 2.45) is 0 Å². The molecule has 3 aromatic rings. The molecule has 0 heterocycles. The number of carbonyl (C=O) groups excluding carboxylic acids is 1. The predicted octanol–water partition coefficient (Wildman–Crippen LogP) is 4.09. The summed E-state index contributed by atoms with van der Waals surface area (Å²) in [5, 5.41) is 5.27. The van der Waals surface area contributed by atoms with E-state index in [0.717, 1.165) is 22.5 Å². The minimum absolute atomic E-state index is 0.0208. The second-order valence-electron chi connectivity index (χ2n) is 7.00. The number of sulfonamides is 1. The van der Waals surface area contributed by atoms with Crippen LogP contribution in [0.25, 0.3) is 10.8 Å². The third kappa shape index (κ3) is 3.07. The first-order valence-corrected chi connectivity index (χ1v) is 10.7. The summed E-state index contributed by atoms with van der Waals surface area (Å²) < 4.78 is 25.9. The maximum atomic E-state index is 12.9. The van der Waals surface area contributed by atoms with Gasteiger partial charge in [-0.25, -0.2) is 12.7 Å². The van der Waals surface area contributed by atoms with Crippen LogP contribution in [0.1, 0.15) is 21.5 Å². The quantitative estimate of drug-likeness (QED) is 0.699. The first-order chi connectivity index (χ1) is 13.3. The molecule has 3 aromatic carbocycles. The number of carbonyl (C=O) groups is 1. The number of halogens is 1. The van der Waals surface area contributed by atoms with Crippen LogP contribution in [0.15, 0.2) is 53.4 Å². The highest BCUT2D eigenvalue weighted by Gasteiger charge is 2.22. The van der Waals surface area contributed by atoms with Gasteiger partial charge < -0.3 is 5.32 Å². The van der Waals surface area contributed by atoms with Crippen LogP contribution >= 0.6 is 11.6 Å². The fourth-order valence-electron chi connectivity index (χ4n) is 3.60. The summed E-state index contributed by atoms with van der Waals surface area (Å²) in [5.41, 5.74) is 3.36. The molecule has 5 nitrogen and oxygen atoms in total. The highest BCUT2D eigenvalue weighted by Crippen LogP contribution is 2.35. The Morgan fingerprint density at radius 3 is 2.46 bits per heavy atom. The van der Waals surface area contributed by atoms with E-state index in [1.807, 2.05) is 24.3 Å². The van der Waals surface area contributed by atoms with E-state index >= 15 is 0 Å². The molecule has 0 fully saturated rings. The van der Waals surface area contributed by atoms with E-state index in [4.69, 9.17) is 11.6 Å². The van der Waals surface area contributed by atoms with Crippen LogP contribution in [0.4, 0.5) is 5.69 Å². The van der Waals surface area contributed by atoms with Crippen molar-refractivity contribution in [2.45, 2.75) is 17.7 Å². The standard InChI is InChI=1S/C21H19ClN2O3S/c1-24(2)28(26,27)15-9-10-18(22)17(12-15)21(25)23-19-11-8-14-7-6-13-4-3-5-16(19)20(13)14/h3-5,8-12H,6-7H2,1-2H3,(H,23,25). The molecule has 0 radical (unpaired) electrons.